The van der Waals surface area contributed by atoms with Crippen LogP contribution in [-0.4, -0.2) is 18.2 Å². The molecule has 2 aromatic rings. The summed E-state index contributed by atoms with van der Waals surface area (Å²) >= 11 is 0. The molecule has 0 saturated heterocycles. The molecular weight excluding hydrogens is 264 g/mol. The van der Waals surface area contributed by atoms with Gasteiger partial charge in [-0.25, -0.2) is 13.6 Å². The van der Waals surface area contributed by atoms with Crippen LogP contribution < -0.4 is 10.5 Å². The van der Waals surface area contributed by atoms with Gasteiger partial charge in [-0.15, -0.1) is 0 Å². The highest BCUT2D eigenvalue weighted by molar-refractivity contribution is 7.89. The molecule has 0 bridgehead atoms. The maximum absolute atomic E-state index is 11.3. The van der Waals surface area contributed by atoms with Crippen molar-refractivity contribution in [2.45, 2.75) is 17.9 Å². The van der Waals surface area contributed by atoms with Gasteiger partial charge in [-0.2, -0.15) is 5.10 Å². The van der Waals surface area contributed by atoms with Crippen molar-refractivity contribution in [2.75, 3.05) is 5.32 Å². The third-order valence-electron chi connectivity index (χ3n) is 2.76. The number of hydrogen-bond acceptors (Lipinski definition) is 4. The summed E-state index contributed by atoms with van der Waals surface area (Å²) < 4.78 is 24.3. The van der Waals surface area contributed by atoms with Crippen LogP contribution in [0.5, 0.6) is 0 Å². The van der Waals surface area contributed by atoms with Crippen LogP contribution in [0, 0.1) is 0 Å². The van der Waals surface area contributed by atoms with E-state index < -0.39 is 10.0 Å². The number of rotatable bonds is 4. The quantitative estimate of drug-likeness (QED) is 0.881. The van der Waals surface area contributed by atoms with E-state index in [4.69, 9.17) is 5.14 Å². The summed E-state index contributed by atoms with van der Waals surface area (Å²) in [6.45, 7) is 1.93. The van der Waals surface area contributed by atoms with E-state index in [0.717, 1.165) is 11.4 Å². The maximum atomic E-state index is 11.3. The van der Waals surface area contributed by atoms with Gasteiger partial charge in [0.1, 0.15) is 5.82 Å². The molecule has 6 nitrogen and oxygen atoms in total. The summed E-state index contributed by atoms with van der Waals surface area (Å²) in [7, 11) is -1.84. The average Bonchev–Trinajstić information content (AvgIpc) is 2.74. The van der Waals surface area contributed by atoms with E-state index in [0.29, 0.717) is 0 Å². The zero-order valence-corrected chi connectivity index (χ0v) is 11.6. The highest BCUT2D eigenvalue weighted by atomic mass is 32.2. The SMILES string of the molecule is CC(Nc1ccn(C)n1)c1cccc(S(N)(=O)=O)c1. The number of primary sulfonamides is 1. The number of sulfonamides is 1. The first-order valence-corrected chi connectivity index (χ1v) is 7.30. The van der Waals surface area contributed by atoms with Crippen LogP contribution in [0.15, 0.2) is 41.4 Å². The predicted octanol–water partition coefficient (Wildman–Crippen LogP) is 1.24. The second-order valence-corrected chi connectivity index (χ2v) is 5.92. The van der Waals surface area contributed by atoms with Gasteiger partial charge in [0.05, 0.1) is 10.9 Å². The molecule has 1 aromatic carbocycles. The zero-order valence-electron chi connectivity index (χ0n) is 10.7. The summed E-state index contributed by atoms with van der Waals surface area (Å²) in [5.74, 6) is 0.732. The summed E-state index contributed by atoms with van der Waals surface area (Å²) in [4.78, 5) is 0.111. The highest BCUT2D eigenvalue weighted by Gasteiger charge is 2.12. The van der Waals surface area contributed by atoms with Crippen molar-refractivity contribution in [3.63, 3.8) is 0 Å². The van der Waals surface area contributed by atoms with Gasteiger partial charge in [-0.3, -0.25) is 4.68 Å². The fourth-order valence-electron chi connectivity index (χ4n) is 1.76. The lowest BCUT2D eigenvalue weighted by Gasteiger charge is -2.14. The van der Waals surface area contributed by atoms with Crippen LogP contribution in [0.1, 0.15) is 18.5 Å². The Morgan fingerprint density at radius 2 is 2.11 bits per heavy atom. The van der Waals surface area contributed by atoms with Gasteiger partial charge in [0.15, 0.2) is 0 Å². The summed E-state index contributed by atoms with van der Waals surface area (Å²) in [5, 5.41) is 12.5. The van der Waals surface area contributed by atoms with Gasteiger partial charge in [0, 0.05) is 19.3 Å². The monoisotopic (exact) mass is 280 g/mol. The second-order valence-electron chi connectivity index (χ2n) is 4.36. The molecule has 0 aliphatic carbocycles. The van der Waals surface area contributed by atoms with Crippen LogP contribution in [0.2, 0.25) is 0 Å². The van der Waals surface area contributed by atoms with Crippen LogP contribution >= 0.6 is 0 Å². The molecule has 1 aromatic heterocycles. The number of benzene rings is 1. The molecular formula is C12H16N4O2S. The smallest absolute Gasteiger partial charge is 0.238 e. The van der Waals surface area contributed by atoms with Crippen molar-refractivity contribution in [3.05, 3.63) is 42.1 Å². The molecule has 102 valence electrons. The molecule has 0 aliphatic rings. The Hall–Kier alpha value is -1.86. The lowest BCUT2D eigenvalue weighted by Crippen LogP contribution is -2.13. The Kier molecular flexibility index (Phi) is 3.59. The van der Waals surface area contributed by atoms with Gasteiger partial charge >= 0.3 is 0 Å². The molecule has 0 aliphatic heterocycles. The Morgan fingerprint density at radius 1 is 1.37 bits per heavy atom. The summed E-state index contributed by atoms with van der Waals surface area (Å²) in [6.07, 6.45) is 1.83. The van der Waals surface area contributed by atoms with E-state index in [-0.39, 0.29) is 10.9 Å². The Bertz CT molecular complexity index is 679. The Morgan fingerprint density at radius 3 is 2.68 bits per heavy atom. The van der Waals surface area contributed by atoms with Crippen LogP contribution in [-0.2, 0) is 17.1 Å². The van der Waals surface area contributed by atoms with Crippen molar-refractivity contribution in [1.29, 1.82) is 0 Å². The molecule has 1 atom stereocenters. The number of nitrogens with zero attached hydrogens (tertiary/aromatic N) is 2. The molecule has 1 heterocycles. The molecule has 3 N–H and O–H groups in total. The molecule has 0 spiro atoms. The van der Waals surface area contributed by atoms with Crippen molar-refractivity contribution in [3.8, 4) is 0 Å². The fraction of sp³-hybridized carbons (Fsp3) is 0.250. The Labute approximate surface area is 112 Å². The third kappa shape index (κ3) is 3.33. The van der Waals surface area contributed by atoms with Gasteiger partial charge in [0.25, 0.3) is 0 Å². The number of hydrogen-bond donors (Lipinski definition) is 2. The first kappa shape index (κ1) is 13.6. The van der Waals surface area contributed by atoms with Gasteiger partial charge in [-0.1, -0.05) is 12.1 Å². The second kappa shape index (κ2) is 5.02. The molecule has 0 radical (unpaired) electrons. The molecule has 19 heavy (non-hydrogen) atoms. The van der Waals surface area contributed by atoms with Crippen molar-refractivity contribution in [2.24, 2.45) is 12.2 Å². The number of nitrogens with one attached hydrogen (secondary N) is 1. The minimum atomic E-state index is -3.68. The topological polar surface area (TPSA) is 90.0 Å². The molecule has 1 unspecified atom stereocenters. The van der Waals surface area contributed by atoms with Gasteiger partial charge in [-0.05, 0) is 24.6 Å². The van der Waals surface area contributed by atoms with E-state index in [2.05, 4.69) is 10.4 Å². The maximum Gasteiger partial charge on any atom is 0.238 e. The first-order chi connectivity index (χ1) is 8.86. The van der Waals surface area contributed by atoms with Crippen molar-refractivity contribution in [1.82, 2.24) is 9.78 Å². The van der Waals surface area contributed by atoms with Crippen LogP contribution in [0.3, 0.4) is 0 Å². The van der Waals surface area contributed by atoms with Crippen molar-refractivity contribution >= 4 is 15.8 Å². The lowest BCUT2D eigenvalue weighted by atomic mass is 10.1. The van der Waals surface area contributed by atoms with Gasteiger partial charge < -0.3 is 5.32 Å². The lowest BCUT2D eigenvalue weighted by molar-refractivity contribution is 0.597. The van der Waals surface area contributed by atoms with E-state index >= 15 is 0 Å². The minimum absolute atomic E-state index is 0.0726. The minimum Gasteiger partial charge on any atom is -0.362 e. The molecule has 2 rings (SSSR count). The van der Waals surface area contributed by atoms with E-state index in [1.54, 1.807) is 16.8 Å². The summed E-state index contributed by atoms with van der Waals surface area (Å²) in [6, 6.07) is 8.33. The molecule has 0 saturated carbocycles. The third-order valence-corrected chi connectivity index (χ3v) is 3.68. The fourth-order valence-corrected chi connectivity index (χ4v) is 2.33. The van der Waals surface area contributed by atoms with Crippen LogP contribution in [0.25, 0.3) is 0 Å². The standard InChI is InChI=1S/C12H16N4O2S/c1-9(14-12-6-7-16(2)15-12)10-4-3-5-11(8-10)19(13,17)18/h3-9H,1-2H3,(H,14,15)(H2,13,17,18). The number of aryl methyl sites for hydroxylation is 1. The molecule has 0 fully saturated rings. The normalized spacial score (nSPS) is 13.2. The number of anilines is 1. The van der Waals surface area contributed by atoms with Crippen LogP contribution in [0.4, 0.5) is 5.82 Å². The highest BCUT2D eigenvalue weighted by Crippen LogP contribution is 2.20. The van der Waals surface area contributed by atoms with E-state index in [9.17, 15) is 8.42 Å². The van der Waals surface area contributed by atoms with E-state index in [1.807, 2.05) is 32.3 Å². The Balaban J connectivity index is 2.22. The number of aromatic nitrogens is 2. The largest absolute Gasteiger partial charge is 0.362 e. The predicted molar refractivity (Wildman–Crippen MR) is 73.1 cm³/mol. The first-order valence-electron chi connectivity index (χ1n) is 5.75. The zero-order chi connectivity index (χ0) is 14.0. The molecule has 0 amide bonds. The number of nitrogens with two attached hydrogens (primary N) is 1. The van der Waals surface area contributed by atoms with Crippen molar-refractivity contribution < 1.29 is 8.42 Å². The van der Waals surface area contributed by atoms with Gasteiger partial charge in [0.2, 0.25) is 10.0 Å². The molecule has 7 heteroatoms. The summed E-state index contributed by atoms with van der Waals surface area (Å²) in [5.41, 5.74) is 0.831. The van der Waals surface area contributed by atoms with E-state index in [1.165, 1.54) is 6.07 Å². The average molecular weight is 280 g/mol.